The lowest BCUT2D eigenvalue weighted by atomic mass is 9.41. The lowest BCUT2D eigenvalue weighted by molar-refractivity contribution is 0.622. The first-order valence-corrected chi connectivity index (χ1v) is 14.7. The first-order chi connectivity index (χ1) is 21.3. The van der Waals surface area contributed by atoms with Gasteiger partial charge >= 0.3 is 27.9 Å². The van der Waals surface area contributed by atoms with E-state index in [-0.39, 0.29) is 27.9 Å². The van der Waals surface area contributed by atoms with Crippen LogP contribution in [0, 0.1) is 0 Å². The van der Waals surface area contributed by atoms with Crippen LogP contribution < -0.4 is 0 Å². The first-order valence-electron chi connectivity index (χ1n) is 14.7. The maximum atomic E-state index is 5.22. The highest BCUT2D eigenvalue weighted by atomic mass is 15.3. The fourth-order valence-corrected chi connectivity index (χ4v) is 6.98. The Labute approximate surface area is 252 Å². The van der Waals surface area contributed by atoms with Crippen LogP contribution >= 0.6 is 0 Å². The average molecular weight is 551 g/mol. The molecule has 0 spiro atoms. The van der Waals surface area contributed by atoms with E-state index in [0.29, 0.717) is 0 Å². The van der Waals surface area contributed by atoms with Gasteiger partial charge in [0.1, 0.15) is 0 Å². The second-order valence-corrected chi connectivity index (χ2v) is 11.2. The number of fused-ring (bicyclic) bond motifs is 11. The molecule has 200 valence electrons. The Kier molecular flexibility index (Phi) is 5.44. The van der Waals surface area contributed by atoms with Gasteiger partial charge in [0.15, 0.2) is 5.82 Å². The molecule has 0 radical (unpaired) electrons. The van der Waals surface area contributed by atoms with Crippen molar-refractivity contribution in [2.75, 3.05) is 0 Å². The van der Waals surface area contributed by atoms with Gasteiger partial charge in [-0.25, -0.2) is 4.98 Å². The van der Waals surface area contributed by atoms with Crippen LogP contribution in [0.2, 0.25) is 0 Å². The van der Waals surface area contributed by atoms with Crippen molar-refractivity contribution in [2.45, 2.75) is 0 Å². The molecule has 5 aliphatic heterocycles. The predicted molar refractivity (Wildman–Crippen MR) is 179 cm³/mol. The zero-order chi connectivity index (χ0) is 28.3. The monoisotopic (exact) mass is 551 g/mol. The van der Waals surface area contributed by atoms with Gasteiger partial charge in [-0.1, -0.05) is 78.5 Å². The third kappa shape index (κ3) is 3.74. The van der Waals surface area contributed by atoms with E-state index in [0.717, 1.165) is 28.1 Å². The van der Waals surface area contributed by atoms with Crippen molar-refractivity contribution in [2.24, 2.45) is 0 Å². The van der Waals surface area contributed by atoms with E-state index in [9.17, 15) is 0 Å². The Morgan fingerprint density at radius 3 is 1.67 bits per heavy atom. The second kappa shape index (κ2) is 9.63. The van der Waals surface area contributed by atoms with Crippen LogP contribution in [0.25, 0.3) is 33.2 Å². The molecule has 4 aromatic rings. The maximum absolute atomic E-state index is 5.22. The molecule has 1 fully saturated rings. The maximum Gasteiger partial charge on any atom is 0.381 e. The van der Waals surface area contributed by atoms with Crippen molar-refractivity contribution in [1.29, 1.82) is 0 Å². The minimum atomic E-state index is -0.0474. The molecule has 0 unspecified atom stereocenters. The van der Waals surface area contributed by atoms with E-state index < -0.39 is 0 Å². The van der Waals surface area contributed by atoms with Crippen LogP contribution in [-0.2, 0) is 0 Å². The summed E-state index contributed by atoms with van der Waals surface area (Å²) in [4.78, 5) is 9.92. The van der Waals surface area contributed by atoms with Gasteiger partial charge in [-0.2, -0.15) is 0 Å². The molecule has 1 saturated heterocycles. The fourth-order valence-electron chi connectivity index (χ4n) is 6.98. The van der Waals surface area contributed by atoms with Crippen LogP contribution in [0.15, 0.2) is 152 Å². The highest BCUT2D eigenvalue weighted by Crippen LogP contribution is 2.33. The molecule has 5 aliphatic rings. The number of rotatable bonds is 2. The molecule has 11 heteroatoms. The number of para-hydroxylation sites is 2. The highest BCUT2D eigenvalue weighted by molar-refractivity contribution is 6.92. The zero-order valence-corrected chi connectivity index (χ0v) is 23.4. The smallest absolute Gasteiger partial charge is 0.381 e. The molecular weight excluding hydrogens is 526 g/mol. The fraction of sp³-hybridized carbons (Fsp3) is 0. The summed E-state index contributed by atoms with van der Waals surface area (Å²) in [5, 5.41) is 2.42. The number of hydrogen-bond donors (Lipinski definition) is 0. The molecule has 9 rings (SSSR count). The molecule has 2 aromatic heterocycles. The molecule has 7 heterocycles. The summed E-state index contributed by atoms with van der Waals surface area (Å²) in [6, 6.07) is 17.0. The quantitative estimate of drug-likeness (QED) is 0.325. The van der Waals surface area contributed by atoms with Crippen LogP contribution in [-0.4, -0.2) is 61.4 Å². The van der Waals surface area contributed by atoms with Gasteiger partial charge in [0.25, 0.3) is 0 Å². The van der Waals surface area contributed by atoms with Crippen molar-refractivity contribution in [3.05, 3.63) is 158 Å². The summed E-state index contributed by atoms with van der Waals surface area (Å²) in [7, 11) is 0. The number of benzene rings is 2. The van der Waals surface area contributed by atoms with Crippen molar-refractivity contribution in [3.63, 3.8) is 0 Å². The van der Waals surface area contributed by atoms with Gasteiger partial charge in [0.2, 0.25) is 0 Å². The third-order valence-corrected chi connectivity index (χ3v) is 8.88. The van der Waals surface area contributed by atoms with Crippen molar-refractivity contribution >= 4 is 55.3 Å². The zero-order valence-electron chi connectivity index (χ0n) is 23.4. The Balaban J connectivity index is 1.16. The second-order valence-electron chi connectivity index (χ2n) is 11.2. The largest absolute Gasteiger partial charge is 0.423 e. The Morgan fingerprint density at radius 2 is 1.07 bits per heavy atom. The van der Waals surface area contributed by atoms with E-state index in [2.05, 4.69) is 163 Å². The Morgan fingerprint density at radius 1 is 0.535 bits per heavy atom. The van der Waals surface area contributed by atoms with Gasteiger partial charge in [0, 0.05) is 10.8 Å². The van der Waals surface area contributed by atoms with Crippen molar-refractivity contribution in [1.82, 2.24) is 33.4 Å². The highest BCUT2D eigenvalue weighted by Gasteiger charge is 2.49. The van der Waals surface area contributed by atoms with Crippen LogP contribution in [0.1, 0.15) is 5.69 Å². The van der Waals surface area contributed by atoms with E-state index in [1.54, 1.807) is 0 Å². The number of hydrogen-bond acceptors (Lipinski definition) is 6. The SMILES string of the molecule is C1=CB2N(C=C1)B1C=CC=CN1B1C=C(c3cncc(-n4c5ccccc5c5ccccc54)n3)C=CN1B1C=CC=CN21. The van der Waals surface area contributed by atoms with Crippen LogP contribution in [0.3, 0.4) is 0 Å². The van der Waals surface area contributed by atoms with Crippen LogP contribution in [0.4, 0.5) is 0 Å². The van der Waals surface area contributed by atoms with Crippen molar-refractivity contribution < 1.29 is 0 Å². The third-order valence-electron chi connectivity index (χ3n) is 8.88. The first kappa shape index (κ1) is 24.3. The van der Waals surface area contributed by atoms with E-state index in [1.165, 1.54) is 10.8 Å². The lowest BCUT2D eigenvalue weighted by Crippen LogP contribution is -2.73. The average Bonchev–Trinajstić information content (AvgIpc) is 3.42. The van der Waals surface area contributed by atoms with E-state index in [4.69, 9.17) is 9.97 Å². The van der Waals surface area contributed by atoms with E-state index >= 15 is 0 Å². The molecule has 0 amide bonds. The Hall–Kier alpha value is -5.30. The summed E-state index contributed by atoms with van der Waals surface area (Å²) >= 11 is 0. The van der Waals surface area contributed by atoms with Gasteiger partial charge in [-0.15, -0.1) is 0 Å². The standard InChI is InChI=1S/C32H25B4N7/c1-3-13-30-27(11-1)28-12-2-4-14-31(28)43(30)32-25-37-24-29(38-32)26-15-22-42-35-18-6-9-20-40(35)33-16-5-8-19-39(33)34-17-7-10-21-41(34)36(42)23-26/h1-25H. The van der Waals surface area contributed by atoms with Gasteiger partial charge in [0.05, 0.1) is 29.1 Å². The molecule has 43 heavy (non-hydrogen) atoms. The number of nitrogens with zero attached hydrogens (tertiary/aromatic N) is 7. The molecule has 0 bridgehead atoms. The molecular formula is C32H25B4N7. The molecule has 0 aliphatic carbocycles. The molecule has 0 atom stereocenters. The van der Waals surface area contributed by atoms with E-state index in [1.807, 2.05) is 12.4 Å². The lowest BCUT2D eigenvalue weighted by Gasteiger charge is -2.53. The summed E-state index contributed by atoms with van der Waals surface area (Å²) in [5.74, 6) is 9.94. The topological polar surface area (TPSA) is 43.7 Å². The van der Waals surface area contributed by atoms with Crippen molar-refractivity contribution in [3.8, 4) is 5.82 Å². The summed E-state index contributed by atoms with van der Waals surface area (Å²) in [5.41, 5.74) is 4.14. The number of aromatic nitrogens is 3. The summed E-state index contributed by atoms with van der Waals surface area (Å²) in [6.45, 7) is 0.132. The van der Waals surface area contributed by atoms with Gasteiger partial charge in [-0.05, 0) is 66.8 Å². The Bertz CT molecular complexity index is 1940. The summed E-state index contributed by atoms with van der Waals surface area (Å²) < 4.78 is 11.9. The van der Waals surface area contributed by atoms with Crippen LogP contribution in [0.5, 0.6) is 0 Å². The summed E-state index contributed by atoms with van der Waals surface area (Å²) in [6.07, 6.45) is 27.5. The molecule has 0 N–H and O–H groups in total. The molecule has 2 aromatic carbocycles. The van der Waals surface area contributed by atoms with Gasteiger partial charge in [-0.3, -0.25) is 9.55 Å². The molecule has 7 nitrogen and oxygen atoms in total. The number of allylic oxidation sites excluding steroid dienone is 8. The minimum absolute atomic E-state index is 0.0444. The van der Waals surface area contributed by atoms with Gasteiger partial charge < -0.3 is 18.9 Å². The predicted octanol–water partition coefficient (Wildman–Crippen LogP) is 5.07. The normalized spacial score (nSPS) is 18.3. The minimum Gasteiger partial charge on any atom is -0.423 e. The molecule has 0 saturated carbocycles.